The molecule has 0 amide bonds. The zero-order chi connectivity index (χ0) is 11.0. The fraction of sp³-hybridized carbons (Fsp3) is 1.00. The molecule has 0 aromatic heterocycles. The molecule has 0 spiro atoms. The van der Waals surface area contributed by atoms with Crippen LogP contribution in [0.15, 0.2) is 0 Å². The summed E-state index contributed by atoms with van der Waals surface area (Å²) in [6.07, 6.45) is 4.24. The van der Waals surface area contributed by atoms with E-state index >= 15 is 0 Å². The Morgan fingerprint density at radius 1 is 1.29 bits per heavy atom. The average molecular weight is 221 g/mol. The number of nitrogens with zero attached hydrogens (tertiary/aromatic N) is 1. The molecule has 0 rings (SSSR count). The van der Waals surface area contributed by atoms with Crippen LogP contribution in [-0.2, 0) is 4.57 Å². The second-order valence-corrected chi connectivity index (χ2v) is 5.86. The molecule has 0 aliphatic carbocycles. The maximum Gasteiger partial charge on any atom is 0.278 e. The van der Waals surface area contributed by atoms with E-state index in [1.165, 1.54) is 0 Å². The third kappa shape index (κ3) is 5.76. The molecule has 3 N–H and O–H groups in total. The van der Waals surface area contributed by atoms with E-state index in [-0.39, 0.29) is 0 Å². The Morgan fingerprint density at radius 3 is 2.36 bits per heavy atom. The van der Waals surface area contributed by atoms with E-state index in [0.29, 0.717) is 0 Å². The van der Waals surface area contributed by atoms with Gasteiger partial charge in [0.1, 0.15) is 0 Å². The van der Waals surface area contributed by atoms with Crippen molar-refractivity contribution in [2.24, 2.45) is 5.50 Å². The van der Waals surface area contributed by atoms with Crippen LogP contribution in [0.5, 0.6) is 0 Å². The van der Waals surface area contributed by atoms with Gasteiger partial charge in [-0.25, -0.2) is 9.76 Å². The van der Waals surface area contributed by atoms with E-state index in [4.69, 9.17) is 5.50 Å². The van der Waals surface area contributed by atoms with Crippen molar-refractivity contribution in [1.29, 1.82) is 0 Å². The van der Waals surface area contributed by atoms with Crippen LogP contribution in [0.2, 0.25) is 0 Å². The van der Waals surface area contributed by atoms with Gasteiger partial charge in [0.15, 0.2) is 0 Å². The average Bonchev–Trinajstić information content (AvgIpc) is 2.14. The summed E-state index contributed by atoms with van der Waals surface area (Å²) in [6, 6.07) is 0. The van der Waals surface area contributed by atoms with Gasteiger partial charge in [-0.05, 0) is 19.9 Å². The van der Waals surface area contributed by atoms with Crippen molar-refractivity contribution in [2.75, 3.05) is 20.1 Å². The zero-order valence-electron chi connectivity index (χ0n) is 9.62. The minimum absolute atomic E-state index is 0.737. The Kier molecular flexibility index (Phi) is 7.47. The number of nitrogens with one attached hydrogen (secondary N) is 1. The Bertz CT molecular complexity index is 187. The molecule has 1 unspecified atom stereocenters. The highest BCUT2D eigenvalue weighted by Crippen LogP contribution is 2.34. The predicted octanol–water partition coefficient (Wildman–Crippen LogP) is 2.17. The monoisotopic (exact) mass is 221 g/mol. The van der Waals surface area contributed by atoms with Gasteiger partial charge in [0.05, 0.1) is 0 Å². The van der Waals surface area contributed by atoms with Gasteiger partial charge in [-0.1, -0.05) is 26.7 Å². The minimum atomic E-state index is -2.76. The maximum absolute atomic E-state index is 11.9. The van der Waals surface area contributed by atoms with Crippen LogP contribution >= 0.6 is 7.59 Å². The van der Waals surface area contributed by atoms with E-state index in [9.17, 15) is 4.57 Å². The number of nitrogens with two attached hydrogens (primary N) is 1. The smallest absolute Gasteiger partial charge is 0.271 e. The lowest BCUT2D eigenvalue weighted by atomic mass is 10.3. The highest BCUT2D eigenvalue weighted by Gasteiger charge is 2.20. The van der Waals surface area contributed by atoms with Crippen LogP contribution in [0.4, 0.5) is 0 Å². The molecule has 0 aliphatic heterocycles. The Morgan fingerprint density at radius 2 is 1.86 bits per heavy atom. The quantitative estimate of drug-likeness (QED) is 0.487. The molecule has 0 aromatic rings. The van der Waals surface area contributed by atoms with Crippen molar-refractivity contribution < 1.29 is 4.57 Å². The molecule has 0 aliphatic rings. The first kappa shape index (κ1) is 14.1. The highest BCUT2D eigenvalue weighted by atomic mass is 31.2. The maximum atomic E-state index is 11.9. The lowest BCUT2D eigenvalue weighted by Crippen LogP contribution is -2.31. The Balaban J connectivity index is 3.84. The Labute approximate surface area is 87.8 Å². The minimum Gasteiger partial charge on any atom is -0.271 e. The molecule has 4 nitrogen and oxygen atoms in total. The zero-order valence-corrected chi connectivity index (χ0v) is 10.5. The van der Waals surface area contributed by atoms with Crippen molar-refractivity contribution >= 4 is 7.59 Å². The standard InChI is InChI=1S/C9H24N3OP/c1-4-6-8-11-14(10,13)12(3)9-7-5-2/h4-9H2,1-3H3,(H3,10,11,13). The summed E-state index contributed by atoms with van der Waals surface area (Å²) < 4.78 is 13.6. The van der Waals surface area contributed by atoms with Crippen molar-refractivity contribution in [3.63, 3.8) is 0 Å². The first-order valence-corrected chi connectivity index (χ1v) is 7.12. The van der Waals surface area contributed by atoms with E-state index in [0.717, 1.165) is 38.8 Å². The first-order valence-electron chi connectivity index (χ1n) is 5.40. The summed E-state index contributed by atoms with van der Waals surface area (Å²) in [6.45, 7) is 5.74. The molecule has 0 saturated carbocycles. The molecule has 0 fully saturated rings. The highest BCUT2D eigenvalue weighted by molar-refractivity contribution is 7.56. The lowest BCUT2D eigenvalue weighted by molar-refractivity contribution is 0.446. The first-order chi connectivity index (χ1) is 6.54. The van der Waals surface area contributed by atoms with Crippen LogP contribution in [0.1, 0.15) is 39.5 Å². The normalized spacial score (nSPS) is 15.8. The molecule has 0 heterocycles. The number of hydrogen-bond acceptors (Lipinski definition) is 1. The van der Waals surface area contributed by atoms with Gasteiger partial charge in [0.25, 0.3) is 7.59 Å². The molecule has 0 bridgehead atoms. The molecule has 1 atom stereocenters. The van der Waals surface area contributed by atoms with E-state index in [1.54, 1.807) is 4.67 Å². The second-order valence-electron chi connectivity index (χ2n) is 3.62. The summed E-state index contributed by atoms with van der Waals surface area (Å²) in [7, 11) is -0.945. The van der Waals surface area contributed by atoms with Crippen LogP contribution in [0.25, 0.3) is 0 Å². The second kappa shape index (κ2) is 7.41. The summed E-state index contributed by atoms with van der Waals surface area (Å²) in [5, 5.41) is 2.93. The molecule has 0 saturated heterocycles. The summed E-state index contributed by atoms with van der Waals surface area (Å²) in [4.78, 5) is 0. The summed E-state index contributed by atoms with van der Waals surface area (Å²) in [5.74, 6) is 0. The number of rotatable bonds is 8. The van der Waals surface area contributed by atoms with Gasteiger partial charge in [-0.2, -0.15) is 0 Å². The molecule has 86 valence electrons. The Hall–Kier alpha value is 0.110. The molecular weight excluding hydrogens is 197 g/mol. The van der Waals surface area contributed by atoms with Crippen molar-refractivity contribution in [3.05, 3.63) is 0 Å². The number of hydrogen-bond donors (Lipinski definition) is 2. The van der Waals surface area contributed by atoms with E-state index < -0.39 is 7.59 Å². The lowest BCUT2D eigenvalue weighted by Gasteiger charge is -2.24. The van der Waals surface area contributed by atoms with Crippen LogP contribution in [0, 0.1) is 0 Å². The summed E-state index contributed by atoms with van der Waals surface area (Å²) in [5.41, 5.74) is 5.71. The van der Waals surface area contributed by atoms with Crippen LogP contribution in [0.3, 0.4) is 0 Å². The van der Waals surface area contributed by atoms with E-state index in [1.807, 2.05) is 7.05 Å². The topological polar surface area (TPSA) is 58.4 Å². The molecule has 0 radical (unpaired) electrons. The van der Waals surface area contributed by atoms with Crippen molar-refractivity contribution in [3.8, 4) is 0 Å². The molecule has 0 aromatic carbocycles. The van der Waals surface area contributed by atoms with Crippen molar-refractivity contribution in [1.82, 2.24) is 9.76 Å². The van der Waals surface area contributed by atoms with Crippen LogP contribution < -0.4 is 10.6 Å². The third-order valence-electron chi connectivity index (χ3n) is 2.21. The number of unbranched alkanes of at least 4 members (excludes halogenated alkanes) is 2. The van der Waals surface area contributed by atoms with Gasteiger partial charge >= 0.3 is 0 Å². The van der Waals surface area contributed by atoms with Crippen LogP contribution in [-0.4, -0.2) is 24.8 Å². The van der Waals surface area contributed by atoms with Gasteiger partial charge < -0.3 is 0 Å². The molecule has 5 heteroatoms. The predicted molar refractivity (Wildman–Crippen MR) is 62.2 cm³/mol. The summed E-state index contributed by atoms with van der Waals surface area (Å²) >= 11 is 0. The van der Waals surface area contributed by atoms with E-state index in [2.05, 4.69) is 18.9 Å². The SMILES string of the molecule is CCCCNP(N)(=O)N(C)CCCC. The van der Waals surface area contributed by atoms with Gasteiger partial charge in [-0.3, -0.25) is 10.1 Å². The largest absolute Gasteiger partial charge is 0.278 e. The van der Waals surface area contributed by atoms with Crippen molar-refractivity contribution in [2.45, 2.75) is 39.5 Å². The molecule has 14 heavy (non-hydrogen) atoms. The fourth-order valence-electron chi connectivity index (χ4n) is 1.07. The third-order valence-corrected chi connectivity index (χ3v) is 4.10. The molecular formula is C9H24N3OP. The van der Waals surface area contributed by atoms with Gasteiger partial charge in [0, 0.05) is 13.1 Å². The van der Waals surface area contributed by atoms with Gasteiger partial charge in [0.2, 0.25) is 0 Å². The fourth-order valence-corrected chi connectivity index (χ4v) is 2.23. The van der Waals surface area contributed by atoms with Gasteiger partial charge in [-0.15, -0.1) is 0 Å².